The maximum atomic E-state index is 12.2. The minimum Gasteiger partial charge on any atom is -0.477 e. The van der Waals surface area contributed by atoms with Crippen molar-refractivity contribution in [2.45, 2.75) is 18.4 Å². The Labute approximate surface area is 144 Å². The molecular weight excluding hydrogens is 350 g/mol. The third-order valence-corrected chi connectivity index (χ3v) is 6.44. The van der Waals surface area contributed by atoms with Crippen molar-refractivity contribution in [1.82, 2.24) is 14.3 Å². The Morgan fingerprint density at radius 3 is 3.21 bits per heavy atom. The van der Waals surface area contributed by atoms with Crippen LogP contribution in [0, 0.1) is 0 Å². The zero-order valence-corrected chi connectivity index (χ0v) is 13.9. The van der Waals surface area contributed by atoms with Crippen LogP contribution in [0.1, 0.15) is 16.3 Å². The van der Waals surface area contributed by atoms with Gasteiger partial charge in [0, 0.05) is 23.7 Å². The van der Waals surface area contributed by atoms with E-state index in [1.54, 1.807) is 17.4 Å². The van der Waals surface area contributed by atoms with E-state index < -0.39 is 5.97 Å². The number of rotatable bonds is 2. The molecule has 2 aromatic heterocycles. The molecule has 9 heteroatoms. The van der Waals surface area contributed by atoms with Crippen LogP contribution in [0.15, 0.2) is 22.9 Å². The second-order valence-electron chi connectivity index (χ2n) is 5.66. The lowest BCUT2D eigenvalue weighted by atomic mass is 10.0. The van der Waals surface area contributed by atoms with E-state index >= 15 is 0 Å². The molecule has 2 aromatic rings. The molecule has 3 aliphatic heterocycles. The molecule has 0 unspecified atom stereocenters. The number of carbonyl (C=O) groups is 2. The smallest absolute Gasteiger partial charge is 0.353 e. The minimum absolute atomic E-state index is 0.0482. The van der Waals surface area contributed by atoms with Crippen LogP contribution in [0.5, 0.6) is 0 Å². The van der Waals surface area contributed by atoms with E-state index in [-0.39, 0.29) is 17.0 Å². The van der Waals surface area contributed by atoms with Crippen LogP contribution in [0.4, 0.5) is 0 Å². The number of imidazole rings is 1. The van der Waals surface area contributed by atoms with Crippen molar-refractivity contribution in [3.8, 4) is 0 Å². The molecule has 0 aliphatic carbocycles. The van der Waals surface area contributed by atoms with Gasteiger partial charge in [0.25, 0.3) is 5.91 Å². The Morgan fingerprint density at radius 1 is 1.50 bits per heavy atom. The Morgan fingerprint density at radius 2 is 2.38 bits per heavy atom. The summed E-state index contributed by atoms with van der Waals surface area (Å²) >= 11 is 2.94. The van der Waals surface area contributed by atoms with Gasteiger partial charge in [0.05, 0.1) is 29.4 Å². The van der Waals surface area contributed by atoms with Crippen LogP contribution in [-0.2, 0) is 27.4 Å². The molecule has 24 heavy (non-hydrogen) atoms. The third kappa shape index (κ3) is 1.86. The summed E-state index contributed by atoms with van der Waals surface area (Å²) in [5, 5.41) is 10.4. The standard InChI is InChI=1S/C15H11N3O4S2/c19-12-8(13-18(12)10(6-23-13)14(20)21)3-7-4-17-9-1-2-22-5-11(9)24-15(17)16-7/h3-4,6,13H,1-2,5H2,(H,20,21)/b8-3+/t13-/m1/s1. The summed E-state index contributed by atoms with van der Waals surface area (Å²) in [7, 11) is 0. The second kappa shape index (κ2) is 4.95. The van der Waals surface area contributed by atoms with Gasteiger partial charge in [-0.1, -0.05) is 11.3 Å². The summed E-state index contributed by atoms with van der Waals surface area (Å²) in [6.45, 7) is 1.35. The van der Waals surface area contributed by atoms with Gasteiger partial charge in [0.15, 0.2) is 4.96 Å². The molecule has 1 fully saturated rings. The number of amides is 1. The van der Waals surface area contributed by atoms with Gasteiger partial charge in [-0.2, -0.15) is 0 Å². The zero-order chi connectivity index (χ0) is 16.4. The molecule has 0 aromatic carbocycles. The molecule has 1 amide bonds. The van der Waals surface area contributed by atoms with Crippen LogP contribution in [0.2, 0.25) is 0 Å². The number of carboxylic acid groups (broad SMARTS) is 1. The van der Waals surface area contributed by atoms with Crippen molar-refractivity contribution in [3.63, 3.8) is 0 Å². The lowest BCUT2D eigenvalue weighted by molar-refractivity contribution is -0.141. The fourth-order valence-corrected chi connectivity index (χ4v) is 5.36. The quantitative estimate of drug-likeness (QED) is 0.647. The number of carboxylic acids is 1. The average molecular weight is 361 g/mol. The van der Waals surface area contributed by atoms with Crippen LogP contribution in [-0.4, -0.2) is 43.2 Å². The summed E-state index contributed by atoms with van der Waals surface area (Å²) in [6.07, 6.45) is 4.56. The zero-order valence-electron chi connectivity index (χ0n) is 12.3. The molecule has 122 valence electrons. The van der Waals surface area contributed by atoms with Crippen LogP contribution < -0.4 is 0 Å². The Bertz CT molecular complexity index is 971. The number of β-lactam (4-membered cyclic amide) rings is 1. The van der Waals surface area contributed by atoms with Gasteiger partial charge in [-0.05, 0) is 6.08 Å². The number of hydrogen-bond acceptors (Lipinski definition) is 6. The van der Waals surface area contributed by atoms with Crippen molar-refractivity contribution >= 4 is 46.0 Å². The first-order valence-electron chi connectivity index (χ1n) is 7.35. The first kappa shape index (κ1) is 14.3. The van der Waals surface area contributed by atoms with Crippen molar-refractivity contribution in [3.05, 3.63) is 39.1 Å². The largest absolute Gasteiger partial charge is 0.477 e. The van der Waals surface area contributed by atoms with Gasteiger partial charge in [-0.3, -0.25) is 14.1 Å². The van der Waals surface area contributed by atoms with Gasteiger partial charge >= 0.3 is 5.97 Å². The lowest BCUT2D eigenvalue weighted by Crippen LogP contribution is -2.51. The Kier molecular flexibility index (Phi) is 2.94. The predicted molar refractivity (Wildman–Crippen MR) is 88.3 cm³/mol. The number of fused-ring (bicyclic) bond motifs is 4. The predicted octanol–water partition coefficient (Wildman–Crippen LogP) is 1.69. The molecule has 1 atom stereocenters. The molecule has 5 heterocycles. The van der Waals surface area contributed by atoms with Gasteiger partial charge < -0.3 is 9.84 Å². The van der Waals surface area contributed by atoms with Gasteiger partial charge in [0.2, 0.25) is 0 Å². The van der Waals surface area contributed by atoms with E-state index in [4.69, 9.17) is 9.84 Å². The second-order valence-corrected chi connectivity index (χ2v) is 7.68. The molecule has 1 saturated heterocycles. The number of hydrogen-bond donors (Lipinski definition) is 1. The first-order chi connectivity index (χ1) is 11.6. The molecule has 5 rings (SSSR count). The molecule has 0 saturated carbocycles. The molecular formula is C15H11N3O4S2. The van der Waals surface area contributed by atoms with Crippen molar-refractivity contribution in [2.75, 3.05) is 6.61 Å². The molecule has 0 spiro atoms. The van der Waals surface area contributed by atoms with E-state index in [0.29, 0.717) is 18.8 Å². The molecule has 7 nitrogen and oxygen atoms in total. The average Bonchev–Trinajstić information content (AvgIpc) is 3.22. The number of aromatic nitrogens is 2. The van der Waals surface area contributed by atoms with E-state index in [2.05, 4.69) is 9.38 Å². The van der Waals surface area contributed by atoms with Crippen LogP contribution >= 0.6 is 23.1 Å². The van der Waals surface area contributed by atoms with Gasteiger partial charge in [0.1, 0.15) is 11.1 Å². The molecule has 1 N–H and O–H groups in total. The third-order valence-electron chi connectivity index (χ3n) is 4.29. The monoisotopic (exact) mass is 361 g/mol. The minimum atomic E-state index is -1.08. The topological polar surface area (TPSA) is 84.1 Å². The van der Waals surface area contributed by atoms with Crippen LogP contribution in [0.3, 0.4) is 0 Å². The number of thioether (sulfide) groups is 1. The van der Waals surface area contributed by atoms with E-state index in [1.807, 2.05) is 6.20 Å². The fraction of sp³-hybridized carbons (Fsp3) is 0.267. The lowest BCUT2D eigenvalue weighted by Gasteiger charge is -2.36. The van der Waals surface area contributed by atoms with Crippen molar-refractivity contribution < 1.29 is 19.4 Å². The molecule has 0 radical (unpaired) electrons. The summed E-state index contributed by atoms with van der Waals surface area (Å²) in [6, 6.07) is 0. The number of nitrogens with zero attached hydrogens (tertiary/aromatic N) is 3. The van der Waals surface area contributed by atoms with E-state index in [9.17, 15) is 9.59 Å². The first-order valence-corrected chi connectivity index (χ1v) is 9.11. The maximum Gasteiger partial charge on any atom is 0.353 e. The highest BCUT2D eigenvalue weighted by Gasteiger charge is 2.49. The fourth-order valence-electron chi connectivity index (χ4n) is 3.15. The highest BCUT2D eigenvalue weighted by atomic mass is 32.2. The number of aliphatic carboxylic acids is 1. The maximum absolute atomic E-state index is 12.2. The normalized spacial score (nSPS) is 24.1. The van der Waals surface area contributed by atoms with Crippen molar-refractivity contribution in [2.24, 2.45) is 0 Å². The number of ether oxygens (including phenoxy) is 1. The van der Waals surface area contributed by atoms with Gasteiger partial charge in [-0.15, -0.1) is 11.8 Å². The highest BCUT2D eigenvalue weighted by Crippen LogP contribution is 2.45. The van der Waals surface area contributed by atoms with Crippen molar-refractivity contribution in [1.29, 1.82) is 0 Å². The Balaban J connectivity index is 1.47. The molecule has 0 bridgehead atoms. The van der Waals surface area contributed by atoms with Crippen LogP contribution in [0.25, 0.3) is 11.0 Å². The summed E-state index contributed by atoms with van der Waals surface area (Å²) in [4.78, 5) is 31.3. The SMILES string of the molecule is O=C(O)C1=CS[C@@H]2/C(=C/c3cn4c5c(sc4n3)COCC5)C(=O)N12. The Hall–Kier alpha value is -2.10. The molecule has 3 aliphatic rings. The van der Waals surface area contributed by atoms with E-state index in [0.717, 1.165) is 17.1 Å². The summed E-state index contributed by atoms with van der Waals surface area (Å²) in [5.74, 6) is -1.33. The number of carbonyl (C=O) groups excluding carboxylic acids is 1. The highest BCUT2D eigenvalue weighted by molar-refractivity contribution is 8.03. The van der Waals surface area contributed by atoms with Gasteiger partial charge in [-0.25, -0.2) is 9.78 Å². The summed E-state index contributed by atoms with van der Waals surface area (Å²) < 4.78 is 7.53. The van der Waals surface area contributed by atoms with E-state index in [1.165, 1.54) is 32.6 Å². The number of thiazole rings is 1. The summed E-state index contributed by atoms with van der Waals surface area (Å²) in [5.41, 5.74) is 2.59.